The first-order valence-corrected chi connectivity index (χ1v) is 10.3. The number of hydrogen-bond donors (Lipinski definition) is 0. The van der Waals surface area contributed by atoms with Crippen LogP contribution in [0.5, 0.6) is 0 Å². The maximum atomic E-state index is 5.41. The van der Waals surface area contributed by atoms with Gasteiger partial charge in [0, 0.05) is 37.9 Å². The molecule has 9 nitrogen and oxygen atoms in total. The van der Waals surface area contributed by atoms with Crippen LogP contribution < -0.4 is 4.90 Å². The van der Waals surface area contributed by atoms with E-state index in [1.54, 1.807) is 0 Å². The van der Waals surface area contributed by atoms with Crippen molar-refractivity contribution < 1.29 is 4.52 Å². The van der Waals surface area contributed by atoms with Crippen LogP contribution in [0.1, 0.15) is 11.4 Å². The number of nitrogens with zero attached hydrogens (tertiary/aromatic N) is 8. The van der Waals surface area contributed by atoms with Crippen LogP contribution in [0.25, 0.3) is 23.1 Å². The van der Waals surface area contributed by atoms with Gasteiger partial charge in [0.05, 0.1) is 6.54 Å². The first-order valence-electron chi connectivity index (χ1n) is 10.3. The molecule has 1 aromatic carbocycles. The van der Waals surface area contributed by atoms with Gasteiger partial charge in [0.25, 0.3) is 5.89 Å². The Morgan fingerprint density at radius 1 is 0.968 bits per heavy atom. The van der Waals surface area contributed by atoms with Crippen LogP contribution in [0, 0.1) is 6.92 Å². The fourth-order valence-electron chi connectivity index (χ4n) is 3.62. The van der Waals surface area contributed by atoms with Crippen LogP contribution >= 0.6 is 0 Å². The zero-order valence-electron chi connectivity index (χ0n) is 17.6. The summed E-state index contributed by atoms with van der Waals surface area (Å²) in [6.07, 6.45) is 1.86. The number of benzene rings is 1. The normalized spacial score (nSPS) is 14.8. The molecule has 0 saturated carbocycles. The SMILES string of the molecule is Cc1nc(-c2nc(-c3ccccc3)no2)nn1Cc1ccnc(N2CCN(C)CC2)c1. The number of rotatable bonds is 5. The van der Waals surface area contributed by atoms with Crippen molar-refractivity contribution in [2.75, 3.05) is 38.1 Å². The number of anilines is 1. The van der Waals surface area contributed by atoms with Crippen molar-refractivity contribution in [1.29, 1.82) is 0 Å². The average Bonchev–Trinajstić information content (AvgIpc) is 3.43. The van der Waals surface area contributed by atoms with Gasteiger partial charge in [-0.05, 0) is 31.7 Å². The molecule has 0 atom stereocenters. The third-order valence-corrected chi connectivity index (χ3v) is 5.48. The van der Waals surface area contributed by atoms with E-state index in [-0.39, 0.29) is 0 Å². The molecule has 0 spiro atoms. The molecule has 0 bridgehead atoms. The molecule has 5 rings (SSSR count). The Hall–Kier alpha value is -3.59. The van der Waals surface area contributed by atoms with E-state index in [0.29, 0.717) is 24.1 Å². The Labute approximate surface area is 180 Å². The van der Waals surface area contributed by atoms with Gasteiger partial charge in [-0.1, -0.05) is 35.5 Å². The molecule has 1 saturated heterocycles. The first-order chi connectivity index (χ1) is 15.2. The third-order valence-electron chi connectivity index (χ3n) is 5.48. The van der Waals surface area contributed by atoms with Crippen LogP contribution in [0.3, 0.4) is 0 Å². The highest BCUT2D eigenvalue weighted by Crippen LogP contribution is 2.21. The molecule has 9 heteroatoms. The summed E-state index contributed by atoms with van der Waals surface area (Å²) in [5, 5.41) is 8.66. The summed E-state index contributed by atoms with van der Waals surface area (Å²) in [6.45, 7) is 6.59. The monoisotopic (exact) mass is 416 g/mol. The first kappa shape index (κ1) is 19.4. The molecule has 0 aliphatic carbocycles. The predicted octanol–water partition coefficient (Wildman–Crippen LogP) is 2.50. The van der Waals surface area contributed by atoms with Crippen molar-refractivity contribution in [3.05, 3.63) is 60.0 Å². The lowest BCUT2D eigenvalue weighted by atomic mass is 10.2. The largest absolute Gasteiger partial charge is 0.354 e. The Balaban J connectivity index is 1.34. The molecule has 0 amide bonds. The maximum Gasteiger partial charge on any atom is 0.297 e. The minimum atomic E-state index is 0.313. The van der Waals surface area contributed by atoms with E-state index in [1.165, 1.54) is 0 Å². The van der Waals surface area contributed by atoms with Crippen LogP contribution in [0.2, 0.25) is 0 Å². The van der Waals surface area contributed by atoms with E-state index in [4.69, 9.17) is 4.52 Å². The van der Waals surface area contributed by atoms with Crippen LogP contribution in [-0.4, -0.2) is 68.0 Å². The fourth-order valence-corrected chi connectivity index (χ4v) is 3.62. The molecule has 4 aromatic rings. The lowest BCUT2D eigenvalue weighted by Gasteiger charge is -2.33. The van der Waals surface area contributed by atoms with Crippen LogP contribution in [-0.2, 0) is 6.54 Å². The van der Waals surface area contributed by atoms with Crippen LogP contribution in [0.4, 0.5) is 5.82 Å². The standard InChI is InChI=1S/C22H24N8O/c1-16-24-21(22-25-20(27-31-22)18-6-4-3-5-7-18)26-30(16)15-17-8-9-23-19(14-17)29-12-10-28(2)11-13-29/h3-9,14H,10-13,15H2,1-2H3. The number of likely N-dealkylation sites (N-methyl/N-ethyl adjacent to an activating group) is 1. The highest BCUT2D eigenvalue weighted by molar-refractivity contribution is 5.56. The zero-order valence-corrected chi connectivity index (χ0v) is 17.6. The van der Waals surface area contributed by atoms with Gasteiger partial charge in [0.2, 0.25) is 11.6 Å². The number of piperazine rings is 1. The zero-order chi connectivity index (χ0) is 21.2. The molecule has 31 heavy (non-hydrogen) atoms. The number of hydrogen-bond acceptors (Lipinski definition) is 8. The molecule has 0 unspecified atom stereocenters. The third kappa shape index (κ3) is 4.17. The minimum Gasteiger partial charge on any atom is -0.354 e. The lowest BCUT2D eigenvalue weighted by molar-refractivity contribution is 0.312. The molecule has 1 fully saturated rings. The maximum absolute atomic E-state index is 5.41. The van der Waals surface area contributed by atoms with Crippen molar-refractivity contribution in [1.82, 2.24) is 34.8 Å². The van der Waals surface area contributed by atoms with Crippen molar-refractivity contribution in [3.8, 4) is 23.1 Å². The Morgan fingerprint density at radius 3 is 2.58 bits per heavy atom. The van der Waals surface area contributed by atoms with Gasteiger partial charge in [-0.15, -0.1) is 5.10 Å². The number of aryl methyl sites for hydroxylation is 1. The van der Waals surface area contributed by atoms with E-state index in [0.717, 1.165) is 48.9 Å². The van der Waals surface area contributed by atoms with E-state index < -0.39 is 0 Å². The van der Waals surface area contributed by atoms with Crippen molar-refractivity contribution >= 4 is 5.82 Å². The van der Waals surface area contributed by atoms with Gasteiger partial charge in [-0.25, -0.2) is 14.6 Å². The summed E-state index contributed by atoms with van der Waals surface area (Å²) in [6, 6.07) is 13.8. The lowest BCUT2D eigenvalue weighted by Crippen LogP contribution is -2.44. The van der Waals surface area contributed by atoms with Crippen molar-refractivity contribution in [2.24, 2.45) is 0 Å². The summed E-state index contributed by atoms with van der Waals surface area (Å²) >= 11 is 0. The van der Waals surface area contributed by atoms with E-state index in [1.807, 2.05) is 54.2 Å². The highest BCUT2D eigenvalue weighted by atomic mass is 16.5. The molecule has 3 aromatic heterocycles. The predicted molar refractivity (Wildman–Crippen MR) is 117 cm³/mol. The Morgan fingerprint density at radius 2 is 1.77 bits per heavy atom. The summed E-state index contributed by atoms with van der Waals surface area (Å²) in [7, 11) is 2.15. The fraction of sp³-hybridized carbons (Fsp3) is 0.318. The van der Waals surface area contributed by atoms with Gasteiger partial charge in [-0.2, -0.15) is 4.98 Å². The molecule has 158 valence electrons. The summed E-state index contributed by atoms with van der Waals surface area (Å²) in [4.78, 5) is 18.2. The van der Waals surface area contributed by atoms with Gasteiger partial charge >= 0.3 is 0 Å². The molecule has 1 aliphatic rings. The molecule has 1 aliphatic heterocycles. The van der Waals surface area contributed by atoms with E-state index in [9.17, 15) is 0 Å². The van der Waals surface area contributed by atoms with Gasteiger partial charge in [0.1, 0.15) is 11.6 Å². The van der Waals surface area contributed by atoms with Gasteiger partial charge in [0.15, 0.2) is 0 Å². The summed E-state index contributed by atoms with van der Waals surface area (Å²) < 4.78 is 7.26. The summed E-state index contributed by atoms with van der Waals surface area (Å²) in [5.74, 6) is 3.06. The quantitative estimate of drug-likeness (QED) is 0.490. The molecule has 4 heterocycles. The minimum absolute atomic E-state index is 0.313. The second-order valence-corrected chi connectivity index (χ2v) is 7.74. The Bertz CT molecular complexity index is 1160. The second-order valence-electron chi connectivity index (χ2n) is 7.74. The van der Waals surface area contributed by atoms with Gasteiger partial charge in [-0.3, -0.25) is 0 Å². The van der Waals surface area contributed by atoms with Crippen molar-refractivity contribution in [2.45, 2.75) is 13.5 Å². The van der Waals surface area contributed by atoms with Crippen LogP contribution in [0.15, 0.2) is 53.2 Å². The highest BCUT2D eigenvalue weighted by Gasteiger charge is 2.18. The Kier molecular flexibility index (Phi) is 5.17. The van der Waals surface area contributed by atoms with E-state index >= 15 is 0 Å². The topological polar surface area (TPSA) is 89.0 Å². The van der Waals surface area contributed by atoms with Crippen molar-refractivity contribution in [3.63, 3.8) is 0 Å². The summed E-state index contributed by atoms with van der Waals surface area (Å²) in [5.41, 5.74) is 2.01. The number of aromatic nitrogens is 6. The molecular weight excluding hydrogens is 392 g/mol. The second kappa shape index (κ2) is 8.27. The smallest absolute Gasteiger partial charge is 0.297 e. The van der Waals surface area contributed by atoms with E-state index in [2.05, 4.69) is 48.1 Å². The number of pyridine rings is 1. The molecule has 0 N–H and O–H groups in total. The van der Waals surface area contributed by atoms with Gasteiger partial charge < -0.3 is 14.3 Å². The molecular formula is C22H24N8O. The average molecular weight is 416 g/mol. The molecule has 0 radical (unpaired) electrons.